The maximum Gasteiger partial charge on any atom is 0.310 e. The van der Waals surface area contributed by atoms with Crippen molar-refractivity contribution >= 4 is 17.3 Å². The molecule has 0 amide bonds. The number of rotatable bonds is 6. The quantitative estimate of drug-likeness (QED) is 0.817. The van der Waals surface area contributed by atoms with Gasteiger partial charge < -0.3 is 14.8 Å². The summed E-state index contributed by atoms with van der Waals surface area (Å²) in [6.07, 6.45) is 4.56. The summed E-state index contributed by atoms with van der Waals surface area (Å²) in [5, 5.41) is 3.62. The number of hydrogen-bond acceptors (Lipinski definition) is 5. The van der Waals surface area contributed by atoms with Crippen molar-refractivity contribution in [3.8, 4) is 0 Å². The Morgan fingerprint density at radius 1 is 1.40 bits per heavy atom. The molecular weight excluding hydrogens is 274 g/mol. The van der Waals surface area contributed by atoms with E-state index in [1.807, 2.05) is 6.07 Å². The molecule has 0 aromatic carbocycles. The highest BCUT2D eigenvalue weighted by Crippen LogP contribution is 2.38. The smallest absolute Gasteiger partial charge is 0.310 e. The summed E-state index contributed by atoms with van der Waals surface area (Å²) in [7, 11) is 1.43. The van der Waals surface area contributed by atoms with E-state index >= 15 is 0 Å². The van der Waals surface area contributed by atoms with E-state index in [1.54, 1.807) is 11.3 Å². The summed E-state index contributed by atoms with van der Waals surface area (Å²) in [5.74, 6) is 0.609. The number of hydrogen-bond donors (Lipinski definition) is 1. The van der Waals surface area contributed by atoms with Gasteiger partial charge in [0.15, 0.2) is 0 Å². The van der Waals surface area contributed by atoms with Crippen LogP contribution in [0.15, 0.2) is 12.1 Å². The van der Waals surface area contributed by atoms with Crippen LogP contribution in [0.2, 0.25) is 0 Å². The highest BCUT2D eigenvalue weighted by Gasteiger charge is 2.40. The first-order valence-corrected chi connectivity index (χ1v) is 8.07. The first-order valence-electron chi connectivity index (χ1n) is 7.25. The third-order valence-corrected chi connectivity index (χ3v) is 5.11. The van der Waals surface area contributed by atoms with Crippen LogP contribution in [0.1, 0.15) is 29.0 Å². The molecule has 1 aromatic rings. The number of methoxy groups -OCH3 is 1. The first kappa shape index (κ1) is 14.0. The molecule has 2 atom stereocenters. The Bertz CT molecular complexity index is 469. The lowest BCUT2D eigenvalue weighted by Gasteiger charge is -2.19. The van der Waals surface area contributed by atoms with Crippen molar-refractivity contribution in [1.82, 2.24) is 5.32 Å². The fourth-order valence-corrected chi connectivity index (χ4v) is 3.73. The fourth-order valence-electron chi connectivity index (χ4n) is 2.78. The molecule has 2 fully saturated rings. The molecule has 1 aliphatic carbocycles. The topological polar surface area (TPSA) is 47.6 Å². The Kier molecular flexibility index (Phi) is 4.38. The van der Waals surface area contributed by atoms with Crippen LogP contribution in [0.4, 0.5) is 0 Å². The van der Waals surface area contributed by atoms with E-state index in [2.05, 4.69) is 16.1 Å². The lowest BCUT2D eigenvalue weighted by atomic mass is 10.1. The van der Waals surface area contributed by atoms with Crippen molar-refractivity contribution in [1.29, 1.82) is 0 Å². The SMILES string of the molecule is COC(=O)Cc1ccc(CNC2CCOC2C2CC2)s1. The van der Waals surface area contributed by atoms with Crippen molar-refractivity contribution in [2.75, 3.05) is 13.7 Å². The van der Waals surface area contributed by atoms with Gasteiger partial charge in [0.05, 0.1) is 19.6 Å². The van der Waals surface area contributed by atoms with E-state index in [0.29, 0.717) is 18.6 Å². The average molecular weight is 295 g/mol. The van der Waals surface area contributed by atoms with E-state index in [0.717, 1.165) is 30.4 Å². The molecule has 0 spiro atoms. The molecule has 20 heavy (non-hydrogen) atoms. The molecule has 1 saturated carbocycles. The van der Waals surface area contributed by atoms with Crippen LogP contribution in [0.3, 0.4) is 0 Å². The molecular formula is C15H21NO3S. The van der Waals surface area contributed by atoms with Crippen LogP contribution >= 0.6 is 11.3 Å². The van der Waals surface area contributed by atoms with Crippen LogP contribution in [0, 0.1) is 5.92 Å². The largest absolute Gasteiger partial charge is 0.469 e. The zero-order chi connectivity index (χ0) is 13.9. The molecule has 1 saturated heterocycles. The van der Waals surface area contributed by atoms with Crippen molar-refractivity contribution in [3.05, 3.63) is 21.9 Å². The van der Waals surface area contributed by atoms with Gasteiger partial charge in [-0.05, 0) is 37.3 Å². The Hall–Kier alpha value is -0.910. The van der Waals surface area contributed by atoms with Crippen LogP contribution < -0.4 is 5.32 Å². The third-order valence-electron chi connectivity index (χ3n) is 4.02. The monoisotopic (exact) mass is 295 g/mol. The second-order valence-electron chi connectivity index (χ2n) is 5.57. The summed E-state index contributed by atoms with van der Waals surface area (Å²) in [6.45, 7) is 1.75. The minimum Gasteiger partial charge on any atom is -0.469 e. The molecule has 110 valence electrons. The lowest BCUT2D eigenvalue weighted by Crippen LogP contribution is -2.36. The Balaban J connectivity index is 1.49. The highest BCUT2D eigenvalue weighted by molar-refractivity contribution is 7.12. The van der Waals surface area contributed by atoms with Gasteiger partial charge in [-0.15, -0.1) is 11.3 Å². The maximum absolute atomic E-state index is 11.2. The summed E-state index contributed by atoms with van der Waals surface area (Å²) in [5.41, 5.74) is 0. The van der Waals surface area contributed by atoms with Crippen LogP contribution in [-0.4, -0.2) is 31.8 Å². The second-order valence-corrected chi connectivity index (χ2v) is 6.82. The standard InChI is InChI=1S/C15H21NO3S/c1-18-14(17)8-11-4-5-12(20-11)9-16-13-6-7-19-15(13)10-2-3-10/h4-5,10,13,15-16H,2-3,6-9H2,1H3. The molecule has 4 nitrogen and oxygen atoms in total. The Morgan fingerprint density at radius 2 is 2.20 bits per heavy atom. The zero-order valence-electron chi connectivity index (χ0n) is 11.8. The van der Waals surface area contributed by atoms with Gasteiger partial charge in [0.2, 0.25) is 0 Å². The molecule has 1 aromatic heterocycles. The van der Waals surface area contributed by atoms with Gasteiger partial charge >= 0.3 is 5.97 Å². The fraction of sp³-hybridized carbons (Fsp3) is 0.667. The Morgan fingerprint density at radius 3 is 2.95 bits per heavy atom. The van der Waals surface area contributed by atoms with Gasteiger partial charge in [0.25, 0.3) is 0 Å². The van der Waals surface area contributed by atoms with Crippen molar-refractivity contribution < 1.29 is 14.3 Å². The maximum atomic E-state index is 11.2. The van der Waals surface area contributed by atoms with E-state index in [-0.39, 0.29) is 5.97 Å². The van der Waals surface area contributed by atoms with Crippen LogP contribution in [0.25, 0.3) is 0 Å². The van der Waals surface area contributed by atoms with E-state index in [1.165, 1.54) is 24.8 Å². The minimum absolute atomic E-state index is 0.177. The van der Waals surface area contributed by atoms with Gasteiger partial charge in [0, 0.05) is 28.9 Å². The van der Waals surface area contributed by atoms with Gasteiger partial charge in [-0.25, -0.2) is 0 Å². The number of carbonyl (C=O) groups is 1. The highest BCUT2D eigenvalue weighted by atomic mass is 32.1. The van der Waals surface area contributed by atoms with Gasteiger partial charge in [0.1, 0.15) is 0 Å². The zero-order valence-corrected chi connectivity index (χ0v) is 12.6. The minimum atomic E-state index is -0.177. The molecule has 0 bridgehead atoms. The first-order chi connectivity index (χ1) is 9.76. The molecule has 1 N–H and O–H groups in total. The van der Waals surface area contributed by atoms with Gasteiger partial charge in [-0.2, -0.15) is 0 Å². The third kappa shape index (κ3) is 3.40. The van der Waals surface area contributed by atoms with Gasteiger partial charge in [-0.3, -0.25) is 4.79 Å². The summed E-state index contributed by atoms with van der Waals surface area (Å²) in [4.78, 5) is 13.6. The predicted molar refractivity (Wildman–Crippen MR) is 77.7 cm³/mol. The van der Waals surface area contributed by atoms with E-state index in [9.17, 15) is 4.79 Å². The van der Waals surface area contributed by atoms with Crippen LogP contribution in [0.5, 0.6) is 0 Å². The van der Waals surface area contributed by atoms with Crippen molar-refractivity contribution in [3.63, 3.8) is 0 Å². The van der Waals surface area contributed by atoms with Crippen molar-refractivity contribution in [2.45, 2.75) is 44.4 Å². The Labute approximate surface area is 123 Å². The van der Waals surface area contributed by atoms with Crippen LogP contribution in [-0.2, 0) is 27.2 Å². The molecule has 2 unspecified atom stereocenters. The summed E-state index contributed by atoms with van der Waals surface area (Å²) < 4.78 is 10.5. The number of esters is 1. The number of ether oxygens (including phenoxy) is 2. The molecule has 2 aliphatic rings. The second kappa shape index (κ2) is 6.24. The summed E-state index contributed by atoms with van der Waals surface area (Å²) >= 11 is 1.68. The summed E-state index contributed by atoms with van der Waals surface area (Å²) in [6, 6.07) is 4.61. The van der Waals surface area contributed by atoms with Gasteiger partial charge in [-0.1, -0.05) is 0 Å². The number of nitrogens with one attached hydrogen (secondary N) is 1. The number of thiophene rings is 1. The van der Waals surface area contributed by atoms with E-state index < -0.39 is 0 Å². The normalized spacial score (nSPS) is 25.9. The molecule has 3 rings (SSSR count). The number of carbonyl (C=O) groups excluding carboxylic acids is 1. The molecule has 5 heteroatoms. The lowest BCUT2D eigenvalue weighted by molar-refractivity contribution is -0.139. The van der Waals surface area contributed by atoms with Crippen molar-refractivity contribution in [2.24, 2.45) is 5.92 Å². The molecule has 2 heterocycles. The molecule has 0 radical (unpaired) electrons. The molecule has 1 aliphatic heterocycles. The predicted octanol–water partition coefficient (Wildman–Crippen LogP) is 2.12. The van der Waals surface area contributed by atoms with E-state index in [4.69, 9.17) is 4.74 Å². The average Bonchev–Trinajstić information content (AvgIpc) is 3.02.